The quantitative estimate of drug-likeness (QED) is 0.774. The van der Waals surface area contributed by atoms with Crippen molar-refractivity contribution in [2.45, 2.75) is 40.7 Å². The van der Waals surface area contributed by atoms with Crippen LogP contribution in [-0.2, 0) is 4.79 Å². The number of hydrogen-bond donors (Lipinski definition) is 2. The summed E-state index contributed by atoms with van der Waals surface area (Å²) < 4.78 is 5.36. The number of ether oxygens (including phenoxy) is 1. The predicted octanol–water partition coefficient (Wildman–Crippen LogP) is 2.61. The van der Waals surface area contributed by atoms with Gasteiger partial charge in [-0.15, -0.1) is 0 Å². The maximum Gasteiger partial charge on any atom is 0.251 e. The summed E-state index contributed by atoms with van der Waals surface area (Å²) in [5.74, 6) is 0.695. The SMILES string of the molecule is CCOc1ccc(C(=O)N[C@H](C(=O)NCC(C)C)C(C)C)cc1. The number of carbonyl (C=O) groups excluding carboxylic acids is 2. The summed E-state index contributed by atoms with van der Waals surface area (Å²) >= 11 is 0. The van der Waals surface area contributed by atoms with Gasteiger partial charge in [0.1, 0.15) is 11.8 Å². The van der Waals surface area contributed by atoms with Crippen LogP contribution in [0, 0.1) is 11.8 Å². The van der Waals surface area contributed by atoms with Gasteiger partial charge in [-0.05, 0) is 43.0 Å². The number of carbonyl (C=O) groups is 2. The lowest BCUT2D eigenvalue weighted by molar-refractivity contribution is -0.124. The molecule has 0 spiro atoms. The number of nitrogens with one attached hydrogen (secondary N) is 2. The lowest BCUT2D eigenvalue weighted by Gasteiger charge is -2.22. The smallest absolute Gasteiger partial charge is 0.251 e. The minimum absolute atomic E-state index is 0.00816. The summed E-state index contributed by atoms with van der Waals surface area (Å²) in [7, 11) is 0. The van der Waals surface area contributed by atoms with Crippen molar-refractivity contribution in [1.29, 1.82) is 0 Å². The molecule has 0 aliphatic heterocycles. The lowest BCUT2D eigenvalue weighted by Crippen LogP contribution is -2.50. The van der Waals surface area contributed by atoms with Gasteiger partial charge in [-0.1, -0.05) is 27.7 Å². The van der Waals surface area contributed by atoms with E-state index in [1.54, 1.807) is 24.3 Å². The van der Waals surface area contributed by atoms with Crippen LogP contribution in [0.3, 0.4) is 0 Å². The van der Waals surface area contributed by atoms with E-state index in [0.717, 1.165) is 5.75 Å². The summed E-state index contributed by atoms with van der Waals surface area (Å²) in [4.78, 5) is 24.6. The zero-order chi connectivity index (χ0) is 17.4. The molecular weight excluding hydrogens is 292 g/mol. The number of amides is 2. The van der Waals surface area contributed by atoms with Gasteiger partial charge in [-0.2, -0.15) is 0 Å². The minimum Gasteiger partial charge on any atom is -0.494 e. The van der Waals surface area contributed by atoms with Crippen molar-refractivity contribution < 1.29 is 14.3 Å². The van der Waals surface area contributed by atoms with Gasteiger partial charge in [0.25, 0.3) is 5.91 Å². The Balaban J connectivity index is 2.71. The number of benzene rings is 1. The monoisotopic (exact) mass is 320 g/mol. The highest BCUT2D eigenvalue weighted by molar-refractivity contribution is 5.97. The van der Waals surface area contributed by atoms with Gasteiger partial charge in [-0.25, -0.2) is 0 Å². The molecule has 128 valence electrons. The molecule has 23 heavy (non-hydrogen) atoms. The van der Waals surface area contributed by atoms with E-state index in [1.165, 1.54) is 0 Å². The molecule has 0 saturated carbocycles. The van der Waals surface area contributed by atoms with Crippen molar-refractivity contribution in [2.75, 3.05) is 13.2 Å². The molecule has 0 heterocycles. The van der Waals surface area contributed by atoms with E-state index in [2.05, 4.69) is 10.6 Å². The zero-order valence-electron chi connectivity index (χ0n) is 14.7. The standard InChI is InChI=1S/C18H28N2O3/c1-6-23-15-9-7-14(8-10-15)17(21)20-16(13(4)5)18(22)19-11-12(2)3/h7-10,12-13,16H,6,11H2,1-5H3,(H,19,22)(H,20,21)/t16-/m0/s1. The van der Waals surface area contributed by atoms with Crippen LogP contribution in [0.5, 0.6) is 5.75 Å². The fraction of sp³-hybridized carbons (Fsp3) is 0.556. The van der Waals surface area contributed by atoms with Crippen molar-refractivity contribution in [2.24, 2.45) is 11.8 Å². The van der Waals surface area contributed by atoms with Crippen LogP contribution >= 0.6 is 0 Å². The van der Waals surface area contributed by atoms with Crippen LogP contribution in [0.4, 0.5) is 0 Å². The zero-order valence-corrected chi connectivity index (χ0v) is 14.7. The molecule has 1 aromatic carbocycles. The van der Waals surface area contributed by atoms with Crippen LogP contribution in [-0.4, -0.2) is 31.0 Å². The van der Waals surface area contributed by atoms with Crippen LogP contribution in [0.15, 0.2) is 24.3 Å². The minimum atomic E-state index is -0.548. The van der Waals surface area contributed by atoms with Crippen LogP contribution in [0.25, 0.3) is 0 Å². The van der Waals surface area contributed by atoms with E-state index in [9.17, 15) is 9.59 Å². The molecule has 0 saturated heterocycles. The fourth-order valence-corrected chi connectivity index (χ4v) is 2.04. The van der Waals surface area contributed by atoms with Crippen molar-refractivity contribution >= 4 is 11.8 Å². The van der Waals surface area contributed by atoms with Gasteiger partial charge in [0, 0.05) is 12.1 Å². The summed E-state index contributed by atoms with van der Waals surface area (Å²) in [6.07, 6.45) is 0. The molecule has 0 radical (unpaired) electrons. The molecule has 5 nitrogen and oxygen atoms in total. The first-order valence-electron chi connectivity index (χ1n) is 8.16. The second kappa shape index (κ2) is 9.18. The van der Waals surface area contributed by atoms with Crippen molar-refractivity contribution in [3.8, 4) is 5.75 Å². The Labute approximate surface area is 138 Å². The van der Waals surface area contributed by atoms with Crippen molar-refractivity contribution in [1.82, 2.24) is 10.6 Å². The molecule has 1 rings (SSSR count). The molecule has 0 aliphatic carbocycles. The topological polar surface area (TPSA) is 67.4 Å². The van der Waals surface area contributed by atoms with Crippen molar-refractivity contribution in [3.63, 3.8) is 0 Å². The van der Waals surface area contributed by atoms with E-state index in [0.29, 0.717) is 24.6 Å². The van der Waals surface area contributed by atoms with E-state index in [4.69, 9.17) is 4.74 Å². The Morgan fingerprint density at radius 2 is 1.70 bits per heavy atom. The molecule has 2 amide bonds. The van der Waals surface area contributed by atoms with E-state index in [1.807, 2.05) is 34.6 Å². The van der Waals surface area contributed by atoms with Crippen LogP contribution < -0.4 is 15.4 Å². The molecule has 0 aliphatic rings. The van der Waals surface area contributed by atoms with E-state index in [-0.39, 0.29) is 17.7 Å². The van der Waals surface area contributed by atoms with Gasteiger partial charge < -0.3 is 15.4 Å². The third kappa shape index (κ3) is 6.30. The summed E-state index contributed by atoms with van der Waals surface area (Å²) in [6.45, 7) is 11.0. The molecule has 1 atom stereocenters. The van der Waals surface area contributed by atoms with Crippen LogP contribution in [0.2, 0.25) is 0 Å². The number of rotatable bonds is 8. The molecular formula is C18H28N2O3. The maximum absolute atomic E-state index is 12.3. The van der Waals surface area contributed by atoms with Gasteiger partial charge >= 0.3 is 0 Å². The molecule has 2 N–H and O–H groups in total. The fourth-order valence-electron chi connectivity index (χ4n) is 2.04. The third-order valence-electron chi connectivity index (χ3n) is 3.35. The average Bonchev–Trinajstić information content (AvgIpc) is 2.50. The molecule has 0 aromatic heterocycles. The normalized spacial score (nSPS) is 12.1. The summed E-state index contributed by atoms with van der Waals surface area (Å²) in [6, 6.07) is 6.35. The van der Waals surface area contributed by atoms with Crippen molar-refractivity contribution in [3.05, 3.63) is 29.8 Å². The molecule has 5 heteroatoms. The lowest BCUT2D eigenvalue weighted by atomic mass is 10.0. The highest BCUT2D eigenvalue weighted by Gasteiger charge is 2.24. The van der Waals surface area contributed by atoms with Crippen LogP contribution in [0.1, 0.15) is 45.0 Å². The maximum atomic E-state index is 12.3. The molecule has 0 unspecified atom stereocenters. The Kier molecular flexibility index (Phi) is 7.59. The highest BCUT2D eigenvalue weighted by atomic mass is 16.5. The second-order valence-corrected chi connectivity index (χ2v) is 6.29. The van der Waals surface area contributed by atoms with Gasteiger partial charge in [0.15, 0.2) is 0 Å². The Bertz CT molecular complexity index is 510. The molecule has 0 fully saturated rings. The Morgan fingerprint density at radius 3 is 2.17 bits per heavy atom. The van der Waals surface area contributed by atoms with E-state index >= 15 is 0 Å². The second-order valence-electron chi connectivity index (χ2n) is 6.29. The average molecular weight is 320 g/mol. The summed E-state index contributed by atoms with van der Waals surface area (Å²) in [5, 5.41) is 5.69. The molecule has 0 bridgehead atoms. The number of hydrogen-bond acceptors (Lipinski definition) is 3. The van der Waals surface area contributed by atoms with E-state index < -0.39 is 6.04 Å². The molecule has 1 aromatic rings. The third-order valence-corrected chi connectivity index (χ3v) is 3.35. The van der Waals surface area contributed by atoms with Gasteiger partial charge in [-0.3, -0.25) is 9.59 Å². The summed E-state index contributed by atoms with van der Waals surface area (Å²) in [5.41, 5.74) is 0.510. The largest absolute Gasteiger partial charge is 0.494 e. The first kappa shape index (κ1) is 19.0. The van der Waals surface area contributed by atoms with Gasteiger partial charge in [0.2, 0.25) is 5.91 Å². The highest BCUT2D eigenvalue weighted by Crippen LogP contribution is 2.13. The first-order valence-corrected chi connectivity index (χ1v) is 8.16. The predicted molar refractivity (Wildman–Crippen MR) is 91.6 cm³/mol. The Morgan fingerprint density at radius 1 is 1.09 bits per heavy atom. The Hall–Kier alpha value is -2.04. The first-order chi connectivity index (χ1) is 10.8. The van der Waals surface area contributed by atoms with Gasteiger partial charge in [0.05, 0.1) is 6.61 Å².